The number of benzene rings is 2. The van der Waals surface area contributed by atoms with Crippen molar-refractivity contribution in [2.75, 3.05) is 0 Å². The summed E-state index contributed by atoms with van der Waals surface area (Å²) >= 11 is 0. The highest BCUT2D eigenvalue weighted by Gasteiger charge is 2.15. The zero-order valence-electron chi connectivity index (χ0n) is 10.3. The van der Waals surface area contributed by atoms with E-state index in [9.17, 15) is 18.3 Å². The minimum atomic E-state index is -1.00. The van der Waals surface area contributed by atoms with Crippen molar-refractivity contribution in [1.82, 2.24) is 0 Å². The van der Waals surface area contributed by atoms with Gasteiger partial charge >= 0.3 is 0 Å². The van der Waals surface area contributed by atoms with Crippen molar-refractivity contribution in [3.63, 3.8) is 0 Å². The number of rotatable bonds is 3. The van der Waals surface area contributed by atoms with E-state index in [-0.39, 0.29) is 12.0 Å². The van der Waals surface area contributed by atoms with Crippen LogP contribution in [0.1, 0.15) is 22.8 Å². The van der Waals surface area contributed by atoms with Crippen molar-refractivity contribution < 1.29 is 18.3 Å². The van der Waals surface area contributed by atoms with Gasteiger partial charge in [0.2, 0.25) is 0 Å². The molecule has 0 aliphatic rings. The Balaban J connectivity index is 2.25. The molecule has 0 aliphatic heterocycles. The van der Waals surface area contributed by atoms with Crippen molar-refractivity contribution in [3.05, 3.63) is 70.5 Å². The summed E-state index contributed by atoms with van der Waals surface area (Å²) in [6, 6.07) is 7.80. The standard InChI is InChI=1S/C15H13F3O/c1-9-7-11(16)5-6-12(9)14(19)8-10-3-2-4-13(17)15(10)18/h2-7,14,19H,8H2,1H3. The van der Waals surface area contributed by atoms with E-state index in [4.69, 9.17) is 0 Å². The molecule has 0 radical (unpaired) electrons. The summed E-state index contributed by atoms with van der Waals surface area (Å²) in [4.78, 5) is 0. The van der Waals surface area contributed by atoms with Crippen LogP contribution in [0.15, 0.2) is 36.4 Å². The third-order valence-electron chi connectivity index (χ3n) is 3.04. The monoisotopic (exact) mass is 266 g/mol. The van der Waals surface area contributed by atoms with Gasteiger partial charge in [0.05, 0.1) is 6.10 Å². The second-order valence-corrected chi connectivity index (χ2v) is 4.43. The Bertz CT molecular complexity index is 596. The van der Waals surface area contributed by atoms with Gasteiger partial charge < -0.3 is 5.11 Å². The third kappa shape index (κ3) is 2.96. The second-order valence-electron chi connectivity index (χ2n) is 4.43. The molecule has 0 saturated carbocycles. The lowest BCUT2D eigenvalue weighted by atomic mass is 9.97. The van der Waals surface area contributed by atoms with Crippen LogP contribution < -0.4 is 0 Å². The molecular formula is C15H13F3O. The number of hydrogen-bond acceptors (Lipinski definition) is 1. The van der Waals surface area contributed by atoms with Crippen LogP contribution in [-0.4, -0.2) is 5.11 Å². The molecule has 0 aliphatic carbocycles. The molecule has 0 heterocycles. The molecule has 1 nitrogen and oxygen atoms in total. The van der Waals surface area contributed by atoms with E-state index in [1.54, 1.807) is 6.92 Å². The van der Waals surface area contributed by atoms with E-state index in [1.165, 1.54) is 30.3 Å². The van der Waals surface area contributed by atoms with E-state index in [0.29, 0.717) is 11.1 Å². The predicted octanol–water partition coefficient (Wildman–Crippen LogP) is 3.69. The highest BCUT2D eigenvalue weighted by molar-refractivity contribution is 5.30. The van der Waals surface area contributed by atoms with Gasteiger partial charge in [0.15, 0.2) is 11.6 Å². The second kappa shape index (κ2) is 5.45. The van der Waals surface area contributed by atoms with Crippen LogP contribution in [0, 0.1) is 24.4 Å². The molecule has 0 fully saturated rings. The van der Waals surface area contributed by atoms with Crippen LogP contribution in [0.3, 0.4) is 0 Å². The van der Waals surface area contributed by atoms with Crippen molar-refractivity contribution in [2.45, 2.75) is 19.4 Å². The number of aliphatic hydroxyl groups is 1. The van der Waals surface area contributed by atoms with Gasteiger partial charge in [-0.2, -0.15) is 0 Å². The number of aryl methyl sites for hydroxylation is 1. The van der Waals surface area contributed by atoms with Gasteiger partial charge in [-0.15, -0.1) is 0 Å². The molecule has 2 aromatic rings. The first kappa shape index (κ1) is 13.6. The summed E-state index contributed by atoms with van der Waals surface area (Å²) < 4.78 is 39.5. The number of halogens is 3. The Morgan fingerprint density at radius 2 is 1.84 bits per heavy atom. The molecule has 1 atom stereocenters. The average Bonchev–Trinajstić information content (AvgIpc) is 2.34. The first-order valence-electron chi connectivity index (χ1n) is 5.86. The van der Waals surface area contributed by atoms with E-state index in [1.807, 2.05) is 0 Å². The molecule has 0 bridgehead atoms. The van der Waals surface area contributed by atoms with Crippen molar-refractivity contribution in [1.29, 1.82) is 0 Å². The molecule has 19 heavy (non-hydrogen) atoms. The predicted molar refractivity (Wildman–Crippen MR) is 66.2 cm³/mol. The third-order valence-corrected chi connectivity index (χ3v) is 3.04. The molecule has 1 N–H and O–H groups in total. The summed E-state index contributed by atoms with van der Waals surface area (Å²) in [5, 5.41) is 10.0. The van der Waals surface area contributed by atoms with Crippen LogP contribution in [0.2, 0.25) is 0 Å². The Kier molecular flexibility index (Phi) is 3.90. The fourth-order valence-electron chi connectivity index (χ4n) is 2.04. The van der Waals surface area contributed by atoms with E-state index < -0.39 is 23.6 Å². The first-order chi connectivity index (χ1) is 8.99. The molecule has 0 saturated heterocycles. The largest absolute Gasteiger partial charge is 0.388 e. The zero-order valence-corrected chi connectivity index (χ0v) is 10.3. The van der Waals surface area contributed by atoms with Crippen LogP contribution in [-0.2, 0) is 6.42 Å². The molecule has 0 amide bonds. The van der Waals surface area contributed by atoms with Gasteiger partial charge in [0, 0.05) is 6.42 Å². The van der Waals surface area contributed by atoms with Crippen molar-refractivity contribution in [3.8, 4) is 0 Å². The quantitative estimate of drug-likeness (QED) is 0.898. The topological polar surface area (TPSA) is 20.2 Å². The number of aliphatic hydroxyl groups excluding tert-OH is 1. The van der Waals surface area contributed by atoms with E-state index in [0.717, 1.165) is 6.07 Å². The lowest BCUT2D eigenvalue weighted by molar-refractivity contribution is 0.176. The molecule has 2 aromatic carbocycles. The lowest BCUT2D eigenvalue weighted by Crippen LogP contribution is -2.06. The molecule has 0 aromatic heterocycles. The lowest BCUT2D eigenvalue weighted by Gasteiger charge is -2.14. The fraction of sp³-hybridized carbons (Fsp3) is 0.200. The van der Waals surface area contributed by atoms with Gasteiger partial charge in [0.1, 0.15) is 5.82 Å². The van der Waals surface area contributed by atoms with Gasteiger partial charge in [-0.1, -0.05) is 18.2 Å². The summed E-state index contributed by atoms with van der Waals surface area (Å²) in [6.07, 6.45) is -1.06. The maximum Gasteiger partial charge on any atom is 0.162 e. The van der Waals surface area contributed by atoms with Crippen LogP contribution in [0.5, 0.6) is 0 Å². The average molecular weight is 266 g/mol. The minimum absolute atomic E-state index is 0.0595. The summed E-state index contributed by atoms with van der Waals surface area (Å²) in [5.41, 5.74) is 1.17. The Hall–Kier alpha value is -1.81. The Morgan fingerprint density at radius 3 is 2.53 bits per heavy atom. The normalized spacial score (nSPS) is 12.5. The molecular weight excluding hydrogens is 253 g/mol. The summed E-state index contributed by atoms with van der Waals surface area (Å²) in [6.45, 7) is 1.66. The zero-order chi connectivity index (χ0) is 14.0. The van der Waals surface area contributed by atoms with Gasteiger partial charge in [0.25, 0.3) is 0 Å². The van der Waals surface area contributed by atoms with E-state index in [2.05, 4.69) is 0 Å². The van der Waals surface area contributed by atoms with Crippen LogP contribution in [0.25, 0.3) is 0 Å². The first-order valence-corrected chi connectivity index (χ1v) is 5.86. The van der Waals surface area contributed by atoms with Crippen molar-refractivity contribution in [2.24, 2.45) is 0 Å². The Labute approximate surface area is 109 Å². The fourth-order valence-corrected chi connectivity index (χ4v) is 2.04. The molecule has 2 rings (SSSR count). The highest BCUT2D eigenvalue weighted by Crippen LogP contribution is 2.24. The maximum absolute atomic E-state index is 13.5. The van der Waals surface area contributed by atoms with Gasteiger partial charge in [-0.3, -0.25) is 0 Å². The maximum atomic E-state index is 13.5. The summed E-state index contributed by atoms with van der Waals surface area (Å²) in [5.74, 6) is -2.30. The van der Waals surface area contributed by atoms with Crippen molar-refractivity contribution >= 4 is 0 Å². The smallest absolute Gasteiger partial charge is 0.162 e. The molecule has 100 valence electrons. The van der Waals surface area contributed by atoms with Crippen LogP contribution >= 0.6 is 0 Å². The minimum Gasteiger partial charge on any atom is -0.388 e. The number of hydrogen-bond donors (Lipinski definition) is 1. The molecule has 4 heteroatoms. The highest BCUT2D eigenvalue weighted by atomic mass is 19.2. The van der Waals surface area contributed by atoms with Gasteiger partial charge in [-0.25, -0.2) is 13.2 Å². The Morgan fingerprint density at radius 1 is 1.11 bits per heavy atom. The molecule has 1 unspecified atom stereocenters. The summed E-state index contributed by atoms with van der Waals surface area (Å²) in [7, 11) is 0. The van der Waals surface area contributed by atoms with Crippen LogP contribution in [0.4, 0.5) is 13.2 Å². The SMILES string of the molecule is Cc1cc(F)ccc1C(O)Cc1cccc(F)c1F. The molecule has 0 spiro atoms. The van der Waals surface area contributed by atoms with Gasteiger partial charge in [-0.05, 0) is 41.8 Å². The van der Waals surface area contributed by atoms with E-state index >= 15 is 0 Å².